The van der Waals surface area contributed by atoms with E-state index in [0.29, 0.717) is 18.6 Å². The minimum Gasteiger partial charge on any atom is -0.462 e. The van der Waals surface area contributed by atoms with Crippen LogP contribution in [0.15, 0.2) is 12.2 Å². The Balaban J connectivity index is 2.06. The molecule has 0 amide bonds. The van der Waals surface area contributed by atoms with Crippen LogP contribution in [0.5, 0.6) is 0 Å². The molecule has 1 aliphatic rings. The topological polar surface area (TPSA) is 132 Å². The maximum Gasteiger partial charge on any atom is 0.469 e. The zero-order valence-corrected chi connectivity index (χ0v) is 33.1. The standard InChI is InChI=1S/C40H75O9P/c1-4-5-6-7-19-24-29-37-38(49-37)30-25-20-17-22-27-32-40(42)48-36(34-47-50(43,44)45)33-46-39(41)31-26-21-16-14-12-10-8-9-11-13-15-18-23-28-35(2)3/h19,24,35-38H,4-18,20-23,25-34H2,1-3H3,(H2,43,44,45)/b24-19-/t36-,37?,38?/m1/s1. The van der Waals surface area contributed by atoms with Gasteiger partial charge in [0, 0.05) is 12.8 Å². The summed E-state index contributed by atoms with van der Waals surface area (Å²) in [5, 5.41) is 0. The van der Waals surface area contributed by atoms with E-state index in [4.69, 9.17) is 24.0 Å². The van der Waals surface area contributed by atoms with Crippen molar-refractivity contribution in [3.05, 3.63) is 12.2 Å². The van der Waals surface area contributed by atoms with Crippen LogP contribution < -0.4 is 0 Å². The number of ether oxygens (including phenoxy) is 3. The van der Waals surface area contributed by atoms with Crippen molar-refractivity contribution in [2.75, 3.05) is 13.2 Å². The second kappa shape index (κ2) is 31.3. The van der Waals surface area contributed by atoms with Gasteiger partial charge in [-0.25, -0.2) is 4.57 Å². The summed E-state index contributed by atoms with van der Waals surface area (Å²) in [6.45, 7) is 5.98. The number of hydrogen-bond donors (Lipinski definition) is 2. The third-order valence-electron chi connectivity index (χ3n) is 9.39. The van der Waals surface area contributed by atoms with Crippen LogP contribution in [0.4, 0.5) is 0 Å². The summed E-state index contributed by atoms with van der Waals surface area (Å²) in [4.78, 5) is 42.9. The second-order valence-corrected chi connectivity index (χ2v) is 16.1. The number of carbonyl (C=O) groups excluding carboxylic acids is 2. The maximum atomic E-state index is 12.4. The lowest BCUT2D eigenvalue weighted by Crippen LogP contribution is -2.29. The normalized spacial score (nSPS) is 16.7. The molecule has 0 aromatic carbocycles. The minimum absolute atomic E-state index is 0.192. The summed E-state index contributed by atoms with van der Waals surface area (Å²) in [6, 6.07) is 0. The van der Waals surface area contributed by atoms with Gasteiger partial charge in [0.1, 0.15) is 6.61 Å². The molecule has 1 rings (SSSR count). The number of rotatable bonds is 36. The number of carbonyl (C=O) groups is 2. The first-order chi connectivity index (χ1) is 24.1. The van der Waals surface area contributed by atoms with Crippen molar-refractivity contribution < 1.29 is 42.7 Å². The van der Waals surface area contributed by atoms with Gasteiger partial charge in [-0.1, -0.05) is 155 Å². The van der Waals surface area contributed by atoms with E-state index in [-0.39, 0.29) is 19.4 Å². The average molecular weight is 731 g/mol. The van der Waals surface area contributed by atoms with E-state index in [9.17, 15) is 14.2 Å². The zero-order valence-electron chi connectivity index (χ0n) is 32.2. The Morgan fingerprint density at radius 1 is 0.680 bits per heavy atom. The number of epoxide rings is 1. The minimum atomic E-state index is -4.76. The van der Waals surface area contributed by atoms with Gasteiger partial charge in [0.15, 0.2) is 6.10 Å². The molecule has 0 saturated carbocycles. The number of phosphoric acid groups is 1. The molecule has 10 heteroatoms. The number of esters is 2. The lowest BCUT2D eigenvalue weighted by Gasteiger charge is -2.18. The van der Waals surface area contributed by atoms with Gasteiger partial charge in [-0.2, -0.15) is 0 Å². The average Bonchev–Trinajstić information content (AvgIpc) is 3.82. The quantitative estimate of drug-likeness (QED) is 0.0212. The first kappa shape index (κ1) is 46.8. The van der Waals surface area contributed by atoms with Crippen molar-refractivity contribution in [2.24, 2.45) is 5.92 Å². The molecule has 1 aliphatic heterocycles. The fraction of sp³-hybridized carbons (Fsp3) is 0.900. The van der Waals surface area contributed by atoms with Gasteiger partial charge in [0.25, 0.3) is 0 Å². The molecule has 0 aliphatic carbocycles. The molecular weight excluding hydrogens is 655 g/mol. The Bertz CT molecular complexity index is 903. The van der Waals surface area contributed by atoms with Crippen molar-refractivity contribution in [2.45, 2.75) is 212 Å². The van der Waals surface area contributed by atoms with Gasteiger partial charge in [-0.3, -0.25) is 14.1 Å². The largest absolute Gasteiger partial charge is 0.469 e. The molecule has 0 spiro atoms. The molecule has 0 radical (unpaired) electrons. The highest BCUT2D eigenvalue weighted by molar-refractivity contribution is 7.46. The molecule has 0 aromatic rings. The van der Waals surface area contributed by atoms with E-state index >= 15 is 0 Å². The highest BCUT2D eigenvalue weighted by atomic mass is 31.2. The van der Waals surface area contributed by atoms with Crippen LogP contribution in [0.1, 0.15) is 194 Å². The summed E-state index contributed by atoms with van der Waals surface area (Å²) < 4.78 is 32.2. The molecule has 0 aromatic heterocycles. The van der Waals surface area contributed by atoms with Crippen molar-refractivity contribution in [3.8, 4) is 0 Å². The predicted molar refractivity (Wildman–Crippen MR) is 202 cm³/mol. The summed E-state index contributed by atoms with van der Waals surface area (Å²) >= 11 is 0. The molecule has 2 unspecified atom stereocenters. The first-order valence-electron chi connectivity index (χ1n) is 20.5. The molecule has 0 bridgehead atoms. The monoisotopic (exact) mass is 731 g/mol. The van der Waals surface area contributed by atoms with Crippen LogP contribution in [0, 0.1) is 5.92 Å². The molecule has 50 heavy (non-hydrogen) atoms. The first-order valence-corrected chi connectivity index (χ1v) is 22.0. The van der Waals surface area contributed by atoms with E-state index in [0.717, 1.165) is 70.1 Å². The highest BCUT2D eigenvalue weighted by Gasteiger charge is 2.36. The Morgan fingerprint density at radius 2 is 1.22 bits per heavy atom. The van der Waals surface area contributed by atoms with Crippen LogP contribution in [-0.2, 0) is 32.9 Å². The van der Waals surface area contributed by atoms with Crippen LogP contribution in [0.2, 0.25) is 0 Å². The van der Waals surface area contributed by atoms with Crippen molar-refractivity contribution in [1.29, 1.82) is 0 Å². The van der Waals surface area contributed by atoms with Crippen LogP contribution >= 0.6 is 7.82 Å². The smallest absolute Gasteiger partial charge is 0.462 e. The van der Waals surface area contributed by atoms with Gasteiger partial charge in [-0.05, 0) is 44.4 Å². The Hall–Kier alpha value is -1.25. The van der Waals surface area contributed by atoms with E-state index in [1.165, 1.54) is 89.9 Å². The number of phosphoric ester groups is 1. The Morgan fingerprint density at radius 3 is 1.78 bits per heavy atom. The summed E-state index contributed by atoms with van der Waals surface area (Å²) in [5.41, 5.74) is 0. The Labute approximate surface area is 305 Å². The number of unbranched alkanes of at least 4 members (excludes halogenated alkanes) is 19. The molecule has 1 fully saturated rings. The fourth-order valence-electron chi connectivity index (χ4n) is 6.21. The molecule has 9 nitrogen and oxygen atoms in total. The molecule has 1 heterocycles. The molecular formula is C40H75O9P. The summed E-state index contributed by atoms with van der Waals surface area (Å²) in [7, 11) is -4.76. The summed E-state index contributed by atoms with van der Waals surface area (Å²) in [5.74, 6) is -0.0760. The lowest BCUT2D eigenvalue weighted by atomic mass is 10.0. The second-order valence-electron chi connectivity index (χ2n) is 14.8. The van der Waals surface area contributed by atoms with E-state index in [1.807, 2.05) is 0 Å². The van der Waals surface area contributed by atoms with Gasteiger partial charge in [0.2, 0.25) is 0 Å². The zero-order chi connectivity index (χ0) is 36.7. The number of allylic oxidation sites excluding steroid dienone is 1. The van der Waals surface area contributed by atoms with E-state index in [1.54, 1.807) is 0 Å². The van der Waals surface area contributed by atoms with Crippen LogP contribution in [0.3, 0.4) is 0 Å². The molecule has 2 N–H and O–H groups in total. The van der Waals surface area contributed by atoms with Gasteiger partial charge >= 0.3 is 19.8 Å². The molecule has 1 saturated heterocycles. The van der Waals surface area contributed by atoms with Crippen molar-refractivity contribution in [1.82, 2.24) is 0 Å². The maximum absolute atomic E-state index is 12.4. The molecule has 294 valence electrons. The highest BCUT2D eigenvalue weighted by Crippen LogP contribution is 2.36. The van der Waals surface area contributed by atoms with Crippen molar-refractivity contribution >= 4 is 19.8 Å². The fourth-order valence-corrected chi connectivity index (χ4v) is 6.57. The van der Waals surface area contributed by atoms with E-state index in [2.05, 4.69) is 37.4 Å². The van der Waals surface area contributed by atoms with Gasteiger partial charge in [-0.15, -0.1) is 0 Å². The predicted octanol–water partition coefficient (Wildman–Crippen LogP) is 11.1. The van der Waals surface area contributed by atoms with Gasteiger partial charge < -0.3 is 24.0 Å². The van der Waals surface area contributed by atoms with Crippen LogP contribution in [0.25, 0.3) is 0 Å². The third kappa shape index (κ3) is 31.5. The Kier molecular flexibility index (Phi) is 29.3. The van der Waals surface area contributed by atoms with Crippen LogP contribution in [-0.4, -0.2) is 53.3 Å². The third-order valence-corrected chi connectivity index (χ3v) is 9.87. The number of hydrogen-bond acceptors (Lipinski definition) is 7. The SMILES string of the molecule is CCCCC/C=C\CC1OC1CCCCCCCC(=O)O[C@H](COC(=O)CCCCCCCCCCCCCCCC(C)C)COP(=O)(O)O. The lowest BCUT2D eigenvalue weighted by molar-refractivity contribution is -0.161. The molecule has 3 atom stereocenters. The van der Waals surface area contributed by atoms with Gasteiger partial charge in [0.05, 0.1) is 18.8 Å². The van der Waals surface area contributed by atoms with Crippen molar-refractivity contribution in [3.63, 3.8) is 0 Å². The van der Waals surface area contributed by atoms with E-state index < -0.39 is 32.5 Å². The summed E-state index contributed by atoms with van der Waals surface area (Å²) in [6.07, 6.45) is 33.8.